The van der Waals surface area contributed by atoms with Crippen molar-refractivity contribution < 1.29 is 14.0 Å². The smallest absolute Gasteiger partial charge is 0.253 e. The molecule has 1 aromatic rings. The van der Waals surface area contributed by atoms with Gasteiger partial charge in [0.05, 0.1) is 0 Å². The zero-order valence-electron chi connectivity index (χ0n) is 11.6. The maximum atomic E-state index is 12.9. The van der Waals surface area contributed by atoms with Gasteiger partial charge in [0.15, 0.2) is 0 Å². The number of likely N-dealkylation sites (tertiary alicyclic amines) is 1. The summed E-state index contributed by atoms with van der Waals surface area (Å²) >= 11 is 3.23. The summed E-state index contributed by atoms with van der Waals surface area (Å²) in [5, 5.41) is 3.62. The number of carbonyl (C=O) groups excluding carboxylic acids is 2. The van der Waals surface area contributed by atoms with Crippen molar-refractivity contribution in [3.05, 3.63) is 35.6 Å². The predicted molar refractivity (Wildman–Crippen MR) is 81.9 cm³/mol. The second-order valence-corrected chi connectivity index (χ2v) is 5.87. The first-order chi connectivity index (χ1) is 10.1. The van der Waals surface area contributed by atoms with E-state index < -0.39 is 0 Å². The molecule has 6 heteroatoms. The molecule has 114 valence electrons. The van der Waals surface area contributed by atoms with Crippen molar-refractivity contribution in [3.8, 4) is 0 Å². The van der Waals surface area contributed by atoms with Gasteiger partial charge in [-0.05, 0) is 37.1 Å². The molecule has 0 bridgehead atoms. The first-order valence-electron chi connectivity index (χ1n) is 7.00. The largest absolute Gasteiger partial charge is 0.353 e. The maximum Gasteiger partial charge on any atom is 0.253 e. The van der Waals surface area contributed by atoms with Crippen LogP contribution in [0.3, 0.4) is 0 Å². The van der Waals surface area contributed by atoms with Crippen LogP contribution in [0.25, 0.3) is 0 Å². The minimum atomic E-state index is -0.347. The Hall–Kier alpha value is -1.43. The molecule has 1 heterocycles. The van der Waals surface area contributed by atoms with Gasteiger partial charge in [0, 0.05) is 36.4 Å². The molecule has 1 saturated heterocycles. The van der Waals surface area contributed by atoms with E-state index in [1.807, 2.05) is 0 Å². The van der Waals surface area contributed by atoms with Crippen LogP contribution in [-0.2, 0) is 4.79 Å². The van der Waals surface area contributed by atoms with Gasteiger partial charge in [-0.25, -0.2) is 4.39 Å². The normalized spacial score (nSPS) is 15.8. The van der Waals surface area contributed by atoms with Gasteiger partial charge in [0.2, 0.25) is 5.91 Å². The summed E-state index contributed by atoms with van der Waals surface area (Å²) in [5.41, 5.74) is 0.498. The molecule has 0 saturated carbocycles. The highest BCUT2D eigenvalue weighted by Gasteiger charge is 2.24. The molecule has 0 aromatic heterocycles. The zero-order chi connectivity index (χ0) is 15.2. The maximum absolute atomic E-state index is 12.9. The number of benzene rings is 1. The topological polar surface area (TPSA) is 49.4 Å². The molecule has 1 aliphatic heterocycles. The first-order valence-corrected chi connectivity index (χ1v) is 8.12. The number of nitrogens with one attached hydrogen (secondary N) is 1. The fraction of sp³-hybridized carbons (Fsp3) is 0.467. The number of piperidine rings is 1. The number of carbonyl (C=O) groups is 2. The molecule has 0 atom stereocenters. The third-order valence-corrected chi connectivity index (χ3v) is 3.96. The molecule has 2 amide bonds. The van der Waals surface area contributed by atoms with E-state index in [1.54, 1.807) is 4.90 Å². The van der Waals surface area contributed by atoms with Crippen LogP contribution in [0.2, 0.25) is 0 Å². The van der Waals surface area contributed by atoms with Gasteiger partial charge in [-0.3, -0.25) is 9.59 Å². The van der Waals surface area contributed by atoms with Crippen LogP contribution in [0.4, 0.5) is 4.39 Å². The third kappa shape index (κ3) is 4.52. The van der Waals surface area contributed by atoms with Crippen LogP contribution in [-0.4, -0.2) is 41.2 Å². The summed E-state index contributed by atoms with van der Waals surface area (Å²) in [7, 11) is 0. The molecule has 1 aromatic carbocycles. The van der Waals surface area contributed by atoms with Gasteiger partial charge in [-0.2, -0.15) is 0 Å². The number of hydrogen-bond acceptors (Lipinski definition) is 2. The Labute approximate surface area is 131 Å². The van der Waals surface area contributed by atoms with Crippen molar-refractivity contribution in [1.82, 2.24) is 10.2 Å². The van der Waals surface area contributed by atoms with Crippen molar-refractivity contribution in [2.45, 2.75) is 25.3 Å². The van der Waals surface area contributed by atoms with Gasteiger partial charge >= 0.3 is 0 Å². The Balaban J connectivity index is 1.84. The molecule has 21 heavy (non-hydrogen) atoms. The van der Waals surface area contributed by atoms with Crippen LogP contribution >= 0.6 is 15.9 Å². The second kappa shape index (κ2) is 7.54. The van der Waals surface area contributed by atoms with Gasteiger partial charge in [0.25, 0.3) is 5.91 Å². The Morgan fingerprint density at radius 3 is 2.43 bits per heavy atom. The van der Waals surface area contributed by atoms with E-state index in [-0.39, 0.29) is 23.7 Å². The average molecular weight is 357 g/mol. The van der Waals surface area contributed by atoms with Crippen LogP contribution in [0.5, 0.6) is 0 Å². The number of rotatable bonds is 4. The Kier molecular flexibility index (Phi) is 5.73. The molecule has 1 aliphatic rings. The molecular formula is C15H18BrFN2O2. The molecule has 1 N–H and O–H groups in total. The number of hydrogen-bond donors (Lipinski definition) is 1. The van der Waals surface area contributed by atoms with E-state index in [1.165, 1.54) is 24.3 Å². The van der Waals surface area contributed by atoms with Gasteiger partial charge in [0.1, 0.15) is 5.82 Å². The van der Waals surface area contributed by atoms with E-state index in [0.29, 0.717) is 30.4 Å². The Morgan fingerprint density at radius 2 is 1.86 bits per heavy atom. The number of halogens is 2. The number of alkyl halides is 1. The van der Waals surface area contributed by atoms with E-state index in [9.17, 15) is 14.0 Å². The number of nitrogens with zero attached hydrogens (tertiary/aromatic N) is 1. The fourth-order valence-corrected chi connectivity index (χ4v) is 2.75. The van der Waals surface area contributed by atoms with Crippen molar-refractivity contribution in [3.63, 3.8) is 0 Å². The van der Waals surface area contributed by atoms with Gasteiger partial charge in [-0.15, -0.1) is 0 Å². The molecule has 0 unspecified atom stereocenters. The van der Waals surface area contributed by atoms with E-state index in [2.05, 4.69) is 21.2 Å². The van der Waals surface area contributed by atoms with Crippen LogP contribution < -0.4 is 5.32 Å². The Morgan fingerprint density at radius 1 is 1.24 bits per heavy atom. The van der Waals surface area contributed by atoms with Gasteiger partial charge < -0.3 is 10.2 Å². The van der Waals surface area contributed by atoms with Crippen molar-refractivity contribution >= 4 is 27.7 Å². The molecule has 0 radical (unpaired) electrons. The van der Waals surface area contributed by atoms with Crippen LogP contribution in [0.15, 0.2) is 24.3 Å². The lowest BCUT2D eigenvalue weighted by Gasteiger charge is -2.32. The lowest BCUT2D eigenvalue weighted by molar-refractivity contribution is -0.121. The number of amides is 2. The molecule has 0 aliphatic carbocycles. The minimum Gasteiger partial charge on any atom is -0.353 e. The highest BCUT2D eigenvalue weighted by molar-refractivity contribution is 9.09. The second-order valence-electron chi connectivity index (χ2n) is 5.08. The van der Waals surface area contributed by atoms with Crippen molar-refractivity contribution in [2.75, 3.05) is 18.4 Å². The summed E-state index contributed by atoms with van der Waals surface area (Å²) < 4.78 is 12.9. The fourth-order valence-electron chi connectivity index (χ4n) is 2.39. The standard InChI is InChI=1S/C15H18BrFN2O2/c16-8-5-14(20)18-13-6-9-19(10-7-13)15(21)11-1-3-12(17)4-2-11/h1-4,13H,5-10H2,(H,18,20). The lowest BCUT2D eigenvalue weighted by Crippen LogP contribution is -2.46. The summed E-state index contributed by atoms with van der Waals surface area (Å²) in [6.45, 7) is 1.21. The highest BCUT2D eigenvalue weighted by atomic mass is 79.9. The first kappa shape index (κ1) is 15.9. The highest BCUT2D eigenvalue weighted by Crippen LogP contribution is 2.14. The summed E-state index contributed by atoms with van der Waals surface area (Å²) in [6.07, 6.45) is 1.97. The Bertz CT molecular complexity index is 499. The predicted octanol–water partition coefficient (Wildman–Crippen LogP) is 2.33. The van der Waals surface area contributed by atoms with Crippen LogP contribution in [0.1, 0.15) is 29.6 Å². The molecule has 1 fully saturated rings. The lowest BCUT2D eigenvalue weighted by atomic mass is 10.0. The molecular weight excluding hydrogens is 339 g/mol. The molecule has 0 spiro atoms. The SMILES string of the molecule is O=C(CCBr)NC1CCN(C(=O)c2ccc(F)cc2)CC1. The summed E-state index contributed by atoms with van der Waals surface area (Å²) in [4.78, 5) is 25.5. The average Bonchev–Trinajstić information content (AvgIpc) is 2.48. The zero-order valence-corrected chi connectivity index (χ0v) is 13.2. The minimum absolute atomic E-state index is 0.0372. The molecule has 2 rings (SSSR count). The van der Waals surface area contributed by atoms with E-state index in [0.717, 1.165) is 12.8 Å². The monoisotopic (exact) mass is 356 g/mol. The third-order valence-electron chi connectivity index (χ3n) is 3.56. The summed E-state index contributed by atoms with van der Waals surface area (Å²) in [6, 6.07) is 5.72. The van der Waals surface area contributed by atoms with E-state index >= 15 is 0 Å². The van der Waals surface area contributed by atoms with E-state index in [4.69, 9.17) is 0 Å². The summed E-state index contributed by atoms with van der Waals surface area (Å²) in [5.74, 6) is -0.393. The van der Waals surface area contributed by atoms with Gasteiger partial charge in [-0.1, -0.05) is 15.9 Å². The van der Waals surface area contributed by atoms with Crippen LogP contribution in [0, 0.1) is 5.82 Å². The van der Waals surface area contributed by atoms with Crippen molar-refractivity contribution in [1.29, 1.82) is 0 Å². The molecule has 4 nitrogen and oxygen atoms in total. The quantitative estimate of drug-likeness (QED) is 0.841. The van der Waals surface area contributed by atoms with Crippen molar-refractivity contribution in [2.24, 2.45) is 0 Å².